The Balaban J connectivity index is 1.85. The Hall–Kier alpha value is -1.30. The highest BCUT2D eigenvalue weighted by atomic mass is 16.4. The number of amides is 2. The van der Waals surface area contributed by atoms with Crippen LogP contribution in [0, 0.1) is 5.92 Å². The largest absolute Gasteiger partial charge is 0.481 e. The number of carboxylic acid groups (broad SMARTS) is 1. The van der Waals surface area contributed by atoms with Gasteiger partial charge in [-0.3, -0.25) is 4.79 Å². The fourth-order valence-corrected chi connectivity index (χ4v) is 2.76. The smallest absolute Gasteiger partial charge is 0.320 e. The maximum absolute atomic E-state index is 12.4. The Kier molecular flexibility index (Phi) is 4.63. The van der Waals surface area contributed by atoms with Crippen LogP contribution < -0.4 is 0 Å². The molecular formula is C13H23N3O3. The van der Waals surface area contributed by atoms with Crippen molar-refractivity contribution < 1.29 is 14.7 Å². The molecule has 0 bridgehead atoms. The molecule has 0 aromatic carbocycles. The molecule has 0 aromatic heterocycles. The average molecular weight is 269 g/mol. The third-order valence-electron chi connectivity index (χ3n) is 4.10. The highest BCUT2D eigenvalue weighted by Gasteiger charge is 2.29. The van der Waals surface area contributed by atoms with Crippen molar-refractivity contribution in [1.29, 1.82) is 0 Å². The number of carbonyl (C=O) groups is 2. The summed E-state index contributed by atoms with van der Waals surface area (Å²) in [4.78, 5) is 29.2. The van der Waals surface area contributed by atoms with Crippen LogP contribution in [0.3, 0.4) is 0 Å². The number of nitrogens with zero attached hydrogens (tertiary/aromatic N) is 3. The highest BCUT2D eigenvalue weighted by molar-refractivity contribution is 5.75. The summed E-state index contributed by atoms with van der Waals surface area (Å²) in [5, 5.41) is 8.96. The van der Waals surface area contributed by atoms with Gasteiger partial charge in [-0.2, -0.15) is 0 Å². The summed E-state index contributed by atoms with van der Waals surface area (Å²) in [7, 11) is 2.08. The van der Waals surface area contributed by atoms with Gasteiger partial charge in [-0.25, -0.2) is 4.79 Å². The van der Waals surface area contributed by atoms with Gasteiger partial charge in [0.2, 0.25) is 0 Å². The van der Waals surface area contributed by atoms with E-state index in [-0.39, 0.29) is 11.9 Å². The first kappa shape index (κ1) is 14.1. The van der Waals surface area contributed by atoms with Crippen LogP contribution in [0.15, 0.2) is 0 Å². The monoisotopic (exact) mass is 269 g/mol. The van der Waals surface area contributed by atoms with Gasteiger partial charge in [-0.15, -0.1) is 0 Å². The van der Waals surface area contributed by atoms with Crippen molar-refractivity contribution in [2.75, 3.05) is 46.3 Å². The molecule has 0 aromatic rings. The third-order valence-corrected chi connectivity index (χ3v) is 4.10. The van der Waals surface area contributed by atoms with E-state index in [9.17, 15) is 9.59 Å². The SMILES string of the molecule is CN1CCCN(C(=O)N2CCC(C(=O)O)CC2)CC1. The van der Waals surface area contributed by atoms with Crippen molar-refractivity contribution in [2.45, 2.75) is 19.3 Å². The third kappa shape index (κ3) is 3.59. The number of aliphatic carboxylic acids is 1. The lowest BCUT2D eigenvalue weighted by Gasteiger charge is -2.34. The van der Waals surface area contributed by atoms with Gasteiger partial charge >= 0.3 is 12.0 Å². The van der Waals surface area contributed by atoms with Crippen molar-refractivity contribution in [3.8, 4) is 0 Å². The molecule has 6 heteroatoms. The summed E-state index contributed by atoms with van der Waals surface area (Å²) in [6.45, 7) is 4.67. The van der Waals surface area contributed by atoms with Crippen LogP contribution in [-0.2, 0) is 4.79 Å². The van der Waals surface area contributed by atoms with Gasteiger partial charge in [-0.1, -0.05) is 0 Å². The average Bonchev–Trinajstić information content (AvgIpc) is 2.63. The predicted octanol–water partition coefficient (Wildman–Crippen LogP) is 0.540. The molecule has 2 aliphatic rings. The zero-order valence-corrected chi connectivity index (χ0v) is 11.5. The molecule has 2 rings (SSSR count). The summed E-state index contributed by atoms with van der Waals surface area (Å²) >= 11 is 0. The van der Waals surface area contributed by atoms with Gasteiger partial charge in [0.25, 0.3) is 0 Å². The fraction of sp³-hybridized carbons (Fsp3) is 0.846. The van der Waals surface area contributed by atoms with E-state index >= 15 is 0 Å². The number of likely N-dealkylation sites (tertiary alicyclic amines) is 1. The van der Waals surface area contributed by atoms with Crippen LogP contribution in [0.2, 0.25) is 0 Å². The molecule has 0 aliphatic carbocycles. The number of piperidine rings is 1. The van der Waals surface area contributed by atoms with Crippen LogP contribution in [0.4, 0.5) is 4.79 Å². The molecular weight excluding hydrogens is 246 g/mol. The molecule has 2 fully saturated rings. The van der Waals surface area contributed by atoms with E-state index in [0.29, 0.717) is 25.9 Å². The maximum atomic E-state index is 12.4. The quantitative estimate of drug-likeness (QED) is 0.754. The lowest BCUT2D eigenvalue weighted by atomic mass is 9.97. The van der Waals surface area contributed by atoms with E-state index in [1.54, 1.807) is 0 Å². The molecule has 2 heterocycles. The van der Waals surface area contributed by atoms with Gasteiger partial charge in [0, 0.05) is 32.7 Å². The van der Waals surface area contributed by atoms with Crippen LogP contribution in [0.25, 0.3) is 0 Å². The van der Waals surface area contributed by atoms with Gasteiger partial charge in [0.05, 0.1) is 5.92 Å². The van der Waals surface area contributed by atoms with Gasteiger partial charge in [-0.05, 0) is 32.9 Å². The highest BCUT2D eigenvalue weighted by Crippen LogP contribution is 2.18. The van der Waals surface area contributed by atoms with E-state index in [1.807, 2.05) is 9.80 Å². The first-order valence-corrected chi connectivity index (χ1v) is 7.03. The molecule has 108 valence electrons. The molecule has 2 amide bonds. The second-order valence-corrected chi connectivity index (χ2v) is 5.53. The van der Waals surface area contributed by atoms with Gasteiger partial charge in [0.15, 0.2) is 0 Å². The Bertz CT molecular complexity index is 340. The summed E-state index contributed by atoms with van der Waals surface area (Å²) in [5.74, 6) is -1.01. The van der Waals surface area contributed by atoms with Crippen LogP contribution in [0.5, 0.6) is 0 Å². The zero-order chi connectivity index (χ0) is 13.8. The number of carboxylic acids is 1. The number of urea groups is 1. The van der Waals surface area contributed by atoms with Crippen molar-refractivity contribution in [1.82, 2.24) is 14.7 Å². The zero-order valence-electron chi connectivity index (χ0n) is 11.5. The van der Waals surface area contributed by atoms with E-state index in [2.05, 4.69) is 11.9 Å². The normalized spacial score (nSPS) is 23.2. The number of rotatable bonds is 1. The van der Waals surface area contributed by atoms with Crippen molar-refractivity contribution >= 4 is 12.0 Å². The Morgan fingerprint density at radius 3 is 2.21 bits per heavy atom. The van der Waals surface area contributed by atoms with Crippen LogP contribution in [0.1, 0.15) is 19.3 Å². The summed E-state index contributed by atoms with van der Waals surface area (Å²) < 4.78 is 0. The van der Waals surface area contributed by atoms with Crippen molar-refractivity contribution in [2.24, 2.45) is 5.92 Å². The molecule has 0 spiro atoms. The van der Waals surface area contributed by atoms with Crippen molar-refractivity contribution in [3.05, 3.63) is 0 Å². The van der Waals surface area contributed by atoms with E-state index in [1.165, 1.54) is 0 Å². The van der Waals surface area contributed by atoms with E-state index in [4.69, 9.17) is 5.11 Å². The minimum Gasteiger partial charge on any atom is -0.481 e. The molecule has 6 nitrogen and oxygen atoms in total. The number of likely N-dealkylation sites (N-methyl/N-ethyl adjacent to an activating group) is 1. The lowest BCUT2D eigenvalue weighted by molar-refractivity contribution is -0.143. The standard InChI is InChI=1S/C13H23N3O3/c1-14-5-2-6-15(10-9-14)13(19)16-7-3-11(4-8-16)12(17)18/h11H,2-10H2,1H3,(H,17,18). The first-order chi connectivity index (χ1) is 9.08. The molecule has 2 aliphatic heterocycles. The molecule has 1 N–H and O–H groups in total. The van der Waals surface area contributed by atoms with E-state index < -0.39 is 5.97 Å². The number of hydrogen-bond acceptors (Lipinski definition) is 3. The second kappa shape index (κ2) is 6.23. The molecule has 0 atom stereocenters. The maximum Gasteiger partial charge on any atom is 0.320 e. The Labute approximate surface area is 114 Å². The van der Waals surface area contributed by atoms with Crippen molar-refractivity contribution in [3.63, 3.8) is 0 Å². The molecule has 0 radical (unpaired) electrons. The first-order valence-electron chi connectivity index (χ1n) is 7.03. The van der Waals surface area contributed by atoms with Gasteiger partial charge in [0.1, 0.15) is 0 Å². The van der Waals surface area contributed by atoms with Crippen LogP contribution in [-0.4, -0.2) is 78.1 Å². The Morgan fingerprint density at radius 1 is 0.947 bits per heavy atom. The topological polar surface area (TPSA) is 64.1 Å². The Morgan fingerprint density at radius 2 is 1.58 bits per heavy atom. The molecule has 2 saturated heterocycles. The van der Waals surface area contributed by atoms with Gasteiger partial charge < -0.3 is 19.8 Å². The predicted molar refractivity (Wildman–Crippen MR) is 71.0 cm³/mol. The minimum absolute atomic E-state index is 0.0825. The molecule has 0 saturated carbocycles. The molecule has 0 unspecified atom stereocenters. The minimum atomic E-state index is -0.733. The summed E-state index contributed by atoms with van der Waals surface area (Å²) in [5.41, 5.74) is 0. The molecule has 19 heavy (non-hydrogen) atoms. The lowest BCUT2D eigenvalue weighted by Crippen LogP contribution is -2.48. The number of carbonyl (C=O) groups excluding carboxylic acids is 1. The number of hydrogen-bond donors (Lipinski definition) is 1. The summed E-state index contributed by atoms with van der Waals surface area (Å²) in [6, 6.07) is 0.0825. The fourth-order valence-electron chi connectivity index (χ4n) is 2.76. The van der Waals surface area contributed by atoms with E-state index in [0.717, 1.165) is 32.6 Å². The van der Waals surface area contributed by atoms with Crippen LogP contribution >= 0.6 is 0 Å². The summed E-state index contributed by atoms with van der Waals surface area (Å²) in [6.07, 6.45) is 2.16. The second-order valence-electron chi connectivity index (χ2n) is 5.53.